The first kappa shape index (κ1) is 19.2. The van der Waals surface area contributed by atoms with E-state index in [0.29, 0.717) is 18.0 Å². The van der Waals surface area contributed by atoms with Gasteiger partial charge in [0.2, 0.25) is 10.0 Å². The lowest BCUT2D eigenvalue weighted by Gasteiger charge is -2.27. The van der Waals surface area contributed by atoms with Crippen molar-refractivity contribution in [2.45, 2.75) is 43.0 Å². The Hall–Kier alpha value is -2.12. The Morgan fingerprint density at radius 1 is 0.964 bits per heavy atom. The molecule has 2 aromatic rings. The molecule has 1 atom stereocenters. The maximum Gasteiger partial charge on any atom is 0.244 e. The van der Waals surface area contributed by atoms with Gasteiger partial charge in [-0.05, 0) is 55.5 Å². The Morgan fingerprint density at radius 2 is 1.71 bits per heavy atom. The van der Waals surface area contributed by atoms with E-state index in [1.165, 1.54) is 11.8 Å². The third kappa shape index (κ3) is 3.73. The van der Waals surface area contributed by atoms with E-state index in [9.17, 15) is 8.42 Å². The third-order valence-electron chi connectivity index (χ3n) is 5.72. The van der Waals surface area contributed by atoms with Crippen LogP contribution in [0, 0.1) is 0 Å². The zero-order valence-electron chi connectivity index (χ0n) is 16.3. The van der Waals surface area contributed by atoms with Gasteiger partial charge in [-0.2, -0.15) is 4.31 Å². The van der Waals surface area contributed by atoms with Crippen LogP contribution in [0.5, 0.6) is 5.75 Å². The van der Waals surface area contributed by atoms with Crippen LogP contribution in [-0.4, -0.2) is 44.5 Å². The number of ether oxygens (including phenoxy) is 1. The van der Waals surface area contributed by atoms with Gasteiger partial charge in [0.1, 0.15) is 16.5 Å². The number of hydrogen-bond donors (Lipinski definition) is 0. The summed E-state index contributed by atoms with van der Waals surface area (Å²) in [6, 6.07) is 12.0. The molecule has 1 aromatic carbocycles. The van der Waals surface area contributed by atoms with Crippen molar-refractivity contribution in [1.82, 2.24) is 9.29 Å². The van der Waals surface area contributed by atoms with Crippen LogP contribution in [0.15, 0.2) is 47.5 Å². The Bertz CT molecular complexity index is 891. The molecule has 0 amide bonds. The fourth-order valence-electron chi connectivity index (χ4n) is 4.16. The number of methoxy groups -OCH3 is 1. The second-order valence-electron chi connectivity index (χ2n) is 7.44. The van der Waals surface area contributed by atoms with Crippen molar-refractivity contribution in [3.8, 4) is 5.75 Å². The van der Waals surface area contributed by atoms with E-state index >= 15 is 0 Å². The van der Waals surface area contributed by atoms with Crippen LogP contribution in [0.3, 0.4) is 0 Å². The number of hydrogen-bond acceptors (Lipinski definition) is 5. The lowest BCUT2D eigenvalue weighted by atomic mass is 10.0. The number of benzene rings is 1. The maximum absolute atomic E-state index is 12.8. The van der Waals surface area contributed by atoms with Crippen LogP contribution in [0.1, 0.15) is 43.7 Å². The molecule has 2 aliphatic heterocycles. The van der Waals surface area contributed by atoms with Gasteiger partial charge in [-0.1, -0.05) is 18.6 Å². The zero-order chi connectivity index (χ0) is 19.6. The van der Waals surface area contributed by atoms with Crippen LogP contribution in [-0.2, 0) is 10.0 Å². The summed E-state index contributed by atoms with van der Waals surface area (Å²) in [7, 11) is -1.77. The van der Waals surface area contributed by atoms with E-state index in [1.54, 1.807) is 17.5 Å². The average Bonchev–Trinajstić information content (AvgIpc) is 3.24. The topological polar surface area (TPSA) is 62.7 Å². The zero-order valence-corrected chi connectivity index (χ0v) is 17.1. The molecule has 2 aliphatic rings. The number of rotatable bonds is 5. The molecule has 6 nitrogen and oxygen atoms in total. The van der Waals surface area contributed by atoms with E-state index in [0.717, 1.165) is 50.2 Å². The van der Waals surface area contributed by atoms with Crippen molar-refractivity contribution in [2.24, 2.45) is 0 Å². The first-order valence-electron chi connectivity index (χ1n) is 9.96. The van der Waals surface area contributed by atoms with E-state index in [-0.39, 0.29) is 6.04 Å². The van der Waals surface area contributed by atoms with Gasteiger partial charge in [-0.25, -0.2) is 13.4 Å². The Balaban J connectivity index is 1.54. The van der Waals surface area contributed by atoms with Gasteiger partial charge in [0.05, 0.1) is 13.2 Å². The summed E-state index contributed by atoms with van der Waals surface area (Å²) in [5, 5.41) is 0. The summed E-state index contributed by atoms with van der Waals surface area (Å²) in [6.07, 6.45) is 6.63. The van der Waals surface area contributed by atoms with Crippen LogP contribution < -0.4 is 9.64 Å². The summed E-state index contributed by atoms with van der Waals surface area (Å²) >= 11 is 0. The fourth-order valence-corrected chi connectivity index (χ4v) is 5.63. The molecule has 7 heteroatoms. The average molecular weight is 402 g/mol. The third-order valence-corrected chi connectivity index (χ3v) is 7.60. The number of piperidine rings is 1. The summed E-state index contributed by atoms with van der Waals surface area (Å²) in [6.45, 7) is 2.13. The summed E-state index contributed by atoms with van der Waals surface area (Å²) in [5.74, 6) is 1.68. The number of aromatic nitrogens is 1. The fraction of sp³-hybridized carbons (Fsp3) is 0.476. The molecule has 0 bridgehead atoms. The molecule has 2 fully saturated rings. The highest BCUT2D eigenvalue weighted by Crippen LogP contribution is 2.36. The monoisotopic (exact) mass is 401 g/mol. The van der Waals surface area contributed by atoms with E-state index < -0.39 is 10.0 Å². The number of pyridine rings is 1. The molecule has 28 heavy (non-hydrogen) atoms. The lowest BCUT2D eigenvalue weighted by Crippen LogP contribution is -2.35. The smallest absolute Gasteiger partial charge is 0.244 e. The Kier molecular flexibility index (Phi) is 5.55. The normalized spacial score (nSPS) is 21.0. The largest absolute Gasteiger partial charge is 0.497 e. The van der Waals surface area contributed by atoms with Crippen molar-refractivity contribution < 1.29 is 13.2 Å². The Morgan fingerprint density at radius 3 is 2.36 bits per heavy atom. The Labute approximate surface area is 167 Å². The van der Waals surface area contributed by atoms with Crippen LogP contribution in [0.25, 0.3) is 0 Å². The van der Waals surface area contributed by atoms with Crippen molar-refractivity contribution in [1.29, 1.82) is 0 Å². The van der Waals surface area contributed by atoms with Crippen LogP contribution in [0.2, 0.25) is 0 Å². The molecule has 4 rings (SSSR count). The minimum Gasteiger partial charge on any atom is -0.497 e. The second-order valence-corrected chi connectivity index (χ2v) is 9.38. The summed E-state index contributed by atoms with van der Waals surface area (Å²) in [5.41, 5.74) is 1.23. The van der Waals surface area contributed by atoms with Crippen molar-refractivity contribution in [2.75, 3.05) is 31.6 Å². The van der Waals surface area contributed by atoms with Gasteiger partial charge in [0, 0.05) is 25.8 Å². The van der Waals surface area contributed by atoms with Crippen molar-refractivity contribution in [3.63, 3.8) is 0 Å². The summed E-state index contributed by atoms with van der Waals surface area (Å²) < 4.78 is 32.5. The SMILES string of the molecule is COc1ccc(C2CCCN2c2ccc(S(=O)(=O)N3CCCCC3)cn2)cc1. The van der Waals surface area contributed by atoms with Crippen LogP contribution in [0.4, 0.5) is 5.82 Å². The highest BCUT2D eigenvalue weighted by atomic mass is 32.2. The highest BCUT2D eigenvalue weighted by molar-refractivity contribution is 7.89. The lowest BCUT2D eigenvalue weighted by molar-refractivity contribution is 0.346. The maximum atomic E-state index is 12.8. The first-order valence-corrected chi connectivity index (χ1v) is 11.4. The predicted molar refractivity (Wildman–Crippen MR) is 109 cm³/mol. The minimum absolute atomic E-state index is 0.253. The molecule has 0 radical (unpaired) electrons. The second kappa shape index (κ2) is 8.09. The molecule has 0 saturated carbocycles. The molecule has 150 valence electrons. The van der Waals surface area contributed by atoms with Gasteiger partial charge in [-0.3, -0.25) is 0 Å². The molecule has 1 aromatic heterocycles. The molecular weight excluding hydrogens is 374 g/mol. The van der Waals surface area contributed by atoms with Gasteiger partial charge < -0.3 is 9.64 Å². The quantitative estimate of drug-likeness (QED) is 0.766. The molecule has 0 spiro atoms. The minimum atomic E-state index is -3.44. The van der Waals surface area contributed by atoms with Gasteiger partial charge >= 0.3 is 0 Å². The van der Waals surface area contributed by atoms with Crippen molar-refractivity contribution in [3.05, 3.63) is 48.2 Å². The number of nitrogens with zero attached hydrogens (tertiary/aromatic N) is 3. The molecule has 2 saturated heterocycles. The standard InChI is InChI=1S/C21H27N3O3S/c1-27-18-9-7-17(8-10-18)20-6-5-15-24(20)21-12-11-19(16-22-21)28(25,26)23-13-3-2-4-14-23/h7-12,16,20H,2-6,13-15H2,1H3. The van der Waals surface area contributed by atoms with Gasteiger partial charge in [0.15, 0.2) is 0 Å². The predicted octanol–water partition coefficient (Wildman–Crippen LogP) is 3.61. The van der Waals surface area contributed by atoms with E-state index in [1.807, 2.05) is 18.2 Å². The molecule has 3 heterocycles. The summed E-state index contributed by atoms with van der Waals surface area (Å²) in [4.78, 5) is 7.08. The van der Waals surface area contributed by atoms with E-state index in [2.05, 4.69) is 22.0 Å². The van der Waals surface area contributed by atoms with Crippen molar-refractivity contribution >= 4 is 15.8 Å². The van der Waals surface area contributed by atoms with Gasteiger partial charge in [-0.15, -0.1) is 0 Å². The number of sulfonamides is 1. The molecule has 0 aliphatic carbocycles. The first-order chi connectivity index (χ1) is 13.6. The number of anilines is 1. The molecule has 1 unspecified atom stereocenters. The highest BCUT2D eigenvalue weighted by Gasteiger charge is 2.29. The molecule has 0 N–H and O–H groups in total. The van der Waals surface area contributed by atoms with Gasteiger partial charge in [0.25, 0.3) is 0 Å². The van der Waals surface area contributed by atoms with E-state index in [4.69, 9.17) is 4.74 Å². The molecular formula is C21H27N3O3S. The van der Waals surface area contributed by atoms with Crippen LogP contribution >= 0.6 is 0 Å².